The average Bonchev–Trinajstić information content (AvgIpc) is 3.54. The number of benzene rings is 1. The summed E-state index contributed by atoms with van der Waals surface area (Å²) in [5.74, 6) is 1.00. The van der Waals surface area contributed by atoms with Gasteiger partial charge in [0.25, 0.3) is 5.91 Å². The molecule has 9 heteroatoms. The smallest absolute Gasteiger partial charge is 0.276 e. The molecule has 0 N–H and O–H groups in total. The molecule has 1 aromatic carbocycles. The number of amides is 2. The summed E-state index contributed by atoms with van der Waals surface area (Å²) in [5.41, 5.74) is 0.995. The van der Waals surface area contributed by atoms with Gasteiger partial charge in [0.1, 0.15) is 5.75 Å². The first-order valence-electron chi connectivity index (χ1n) is 11.5. The molecule has 0 aliphatic carbocycles. The second kappa shape index (κ2) is 10.8. The van der Waals surface area contributed by atoms with Crippen molar-refractivity contribution in [3.05, 3.63) is 36.0 Å². The van der Waals surface area contributed by atoms with Crippen LogP contribution < -0.4 is 4.74 Å². The van der Waals surface area contributed by atoms with Crippen molar-refractivity contribution >= 4 is 11.8 Å². The molecule has 0 saturated carbocycles. The van der Waals surface area contributed by atoms with E-state index in [9.17, 15) is 9.59 Å². The standard InChI is InChI=1S/C24H32N4O5/c1-26-10-12-27(13-11-26)23(29)8-9-28(17-20-7-4-14-32-20)24(30)21-16-22(33-25-21)18-5-3-6-19(15-18)31-2/h3,5-6,15-16,20H,4,7-14,17H2,1-2H3/t20-/m0/s1. The Labute approximate surface area is 194 Å². The fourth-order valence-electron chi connectivity index (χ4n) is 4.20. The van der Waals surface area contributed by atoms with E-state index < -0.39 is 0 Å². The van der Waals surface area contributed by atoms with E-state index in [0.717, 1.165) is 44.6 Å². The topological polar surface area (TPSA) is 88.4 Å². The minimum absolute atomic E-state index is 0.0163. The van der Waals surface area contributed by atoms with Crippen LogP contribution in [-0.2, 0) is 9.53 Å². The molecule has 33 heavy (non-hydrogen) atoms. The number of aromatic nitrogens is 1. The van der Waals surface area contributed by atoms with E-state index >= 15 is 0 Å². The van der Waals surface area contributed by atoms with Crippen molar-refractivity contribution in [1.29, 1.82) is 0 Å². The summed E-state index contributed by atoms with van der Waals surface area (Å²) in [7, 11) is 3.66. The van der Waals surface area contributed by atoms with Crippen molar-refractivity contribution in [2.24, 2.45) is 0 Å². The molecular weight excluding hydrogens is 424 g/mol. The largest absolute Gasteiger partial charge is 0.497 e. The molecule has 0 spiro atoms. The Hall–Kier alpha value is -2.91. The first-order chi connectivity index (χ1) is 16.0. The maximum atomic E-state index is 13.3. The molecule has 1 atom stereocenters. The van der Waals surface area contributed by atoms with Crippen LogP contribution in [0.25, 0.3) is 11.3 Å². The third-order valence-corrected chi connectivity index (χ3v) is 6.27. The monoisotopic (exact) mass is 456 g/mol. The zero-order valence-electron chi connectivity index (χ0n) is 19.4. The molecule has 2 amide bonds. The number of ether oxygens (including phenoxy) is 2. The second-order valence-corrected chi connectivity index (χ2v) is 8.63. The maximum Gasteiger partial charge on any atom is 0.276 e. The summed E-state index contributed by atoms with van der Waals surface area (Å²) >= 11 is 0. The average molecular weight is 457 g/mol. The molecule has 2 aromatic rings. The summed E-state index contributed by atoms with van der Waals surface area (Å²) in [6.07, 6.45) is 2.15. The van der Waals surface area contributed by atoms with Gasteiger partial charge in [-0.3, -0.25) is 9.59 Å². The molecule has 2 aliphatic heterocycles. The minimum Gasteiger partial charge on any atom is -0.497 e. The summed E-state index contributed by atoms with van der Waals surface area (Å²) < 4.78 is 16.5. The molecule has 9 nitrogen and oxygen atoms in total. The Balaban J connectivity index is 1.44. The highest BCUT2D eigenvalue weighted by molar-refractivity contribution is 5.93. The Morgan fingerprint density at radius 1 is 1.21 bits per heavy atom. The van der Waals surface area contributed by atoms with Crippen molar-refractivity contribution in [1.82, 2.24) is 19.9 Å². The van der Waals surface area contributed by atoms with Gasteiger partial charge in [0.15, 0.2) is 11.5 Å². The number of hydrogen-bond acceptors (Lipinski definition) is 7. The van der Waals surface area contributed by atoms with Gasteiger partial charge in [0.2, 0.25) is 5.91 Å². The lowest BCUT2D eigenvalue weighted by Crippen LogP contribution is -2.48. The fourth-order valence-corrected chi connectivity index (χ4v) is 4.20. The van der Waals surface area contributed by atoms with Gasteiger partial charge in [-0.05, 0) is 32.0 Å². The number of carbonyl (C=O) groups excluding carboxylic acids is 2. The predicted molar refractivity (Wildman–Crippen MR) is 122 cm³/mol. The molecule has 0 radical (unpaired) electrons. The van der Waals surface area contributed by atoms with Crippen molar-refractivity contribution < 1.29 is 23.6 Å². The quantitative estimate of drug-likeness (QED) is 0.601. The van der Waals surface area contributed by atoms with Crippen LogP contribution in [0.1, 0.15) is 29.8 Å². The normalized spacial score (nSPS) is 19.0. The van der Waals surface area contributed by atoms with Gasteiger partial charge in [-0.25, -0.2) is 0 Å². The van der Waals surface area contributed by atoms with Crippen molar-refractivity contribution in [2.75, 3.05) is 60.0 Å². The van der Waals surface area contributed by atoms with Crippen molar-refractivity contribution in [3.63, 3.8) is 0 Å². The van der Waals surface area contributed by atoms with Gasteiger partial charge >= 0.3 is 0 Å². The van der Waals surface area contributed by atoms with Crippen LogP contribution in [0.2, 0.25) is 0 Å². The van der Waals surface area contributed by atoms with Gasteiger partial charge in [0.05, 0.1) is 13.2 Å². The van der Waals surface area contributed by atoms with Gasteiger partial charge < -0.3 is 28.7 Å². The molecule has 0 unspecified atom stereocenters. The van der Waals surface area contributed by atoms with Crippen molar-refractivity contribution in [3.8, 4) is 17.1 Å². The van der Waals surface area contributed by atoms with E-state index in [1.165, 1.54) is 0 Å². The number of methoxy groups -OCH3 is 1. The van der Waals surface area contributed by atoms with Gasteiger partial charge in [0, 0.05) is 63.9 Å². The number of carbonyl (C=O) groups is 2. The molecule has 3 heterocycles. The zero-order valence-corrected chi connectivity index (χ0v) is 19.4. The molecule has 1 aromatic heterocycles. The minimum atomic E-state index is -0.255. The fraction of sp³-hybridized carbons (Fsp3) is 0.542. The number of hydrogen-bond donors (Lipinski definition) is 0. The lowest BCUT2D eigenvalue weighted by molar-refractivity contribution is -0.133. The van der Waals surface area contributed by atoms with Crippen LogP contribution in [0.3, 0.4) is 0 Å². The molecule has 2 fully saturated rings. The summed E-state index contributed by atoms with van der Waals surface area (Å²) in [6, 6.07) is 9.03. The zero-order chi connectivity index (χ0) is 23.2. The first-order valence-corrected chi connectivity index (χ1v) is 11.5. The third kappa shape index (κ3) is 5.91. The highest BCUT2D eigenvalue weighted by Gasteiger charge is 2.27. The van der Waals surface area contributed by atoms with E-state index in [1.54, 1.807) is 18.1 Å². The molecular formula is C24H32N4O5. The van der Waals surface area contributed by atoms with Crippen LogP contribution in [0.4, 0.5) is 0 Å². The Morgan fingerprint density at radius 2 is 2.03 bits per heavy atom. The van der Waals surface area contributed by atoms with E-state index in [-0.39, 0.29) is 30.0 Å². The lowest BCUT2D eigenvalue weighted by atomic mass is 10.1. The number of likely N-dealkylation sites (N-methyl/N-ethyl adjacent to an activating group) is 1. The molecule has 2 aliphatic rings. The Morgan fingerprint density at radius 3 is 2.76 bits per heavy atom. The maximum absolute atomic E-state index is 13.3. The van der Waals surface area contributed by atoms with Crippen molar-refractivity contribution in [2.45, 2.75) is 25.4 Å². The SMILES string of the molecule is COc1cccc(-c2cc(C(=O)N(CCC(=O)N3CCN(C)CC3)C[C@@H]3CCCO3)no2)c1. The van der Waals surface area contributed by atoms with E-state index in [1.807, 2.05) is 29.2 Å². The van der Waals surface area contributed by atoms with Gasteiger partial charge in [-0.1, -0.05) is 17.3 Å². The van der Waals surface area contributed by atoms with Crippen LogP contribution >= 0.6 is 0 Å². The third-order valence-electron chi connectivity index (χ3n) is 6.27. The predicted octanol–water partition coefficient (Wildman–Crippen LogP) is 2.14. The summed E-state index contributed by atoms with van der Waals surface area (Å²) in [5, 5.41) is 4.02. The Kier molecular flexibility index (Phi) is 7.61. The van der Waals surface area contributed by atoms with Crippen LogP contribution in [0.5, 0.6) is 5.75 Å². The first kappa shape index (κ1) is 23.3. The van der Waals surface area contributed by atoms with E-state index in [0.29, 0.717) is 31.2 Å². The van der Waals surface area contributed by atoms with Crippen LogP contribution in [0.15, 0.2) is 34.9 Å². The summed E-state index contributed by atoms with van der Waals surface area (Å²) in [4.78, 5) is 31.8. The molecule has 0 bridgehead atoms. The van der Waals surface area contributed by atoms with E-state index in [4.69, 9.17) is 14.0 Å². The highest BCUT2D eigenvalue weighted by Crippen LogP contribution is 2.25. The Bertz CT molecular complexity index is 948. The van der Waals surface area contributed by atoms with Gasteiger partial charge in [-0.15, -0.1) is 0 Å². The van der Waals surface area contributed by atoms with Crippen LogP contribution in [0, 0.1) is 0 Å². The van der Waals surface area contributed by atoms with E-state index in [2.05, 4.69) is 17.1 Å². The number of rotatable bonds is 8. The number of nitrogens with zero attached hydrogens (tertiary/aromatic N) is 4. The second-order valence-electron chi connectivity index (χ2n) is 8.63. The molecule has 178 valence electrons. The lowest BCUT2D eigenvalue weighted by Gasteiger charge is -2.33. The summed E-state index contributed by atoms with van der Waals surface area (Å²) in [6.45, 7) is 4.66. The van der Waals surface area contributed by atoms with Gasteiger partial charge in [-0.2, -0.15) is 0 Å². The highest BCUT2D eigenvalue weighted by atomic mass is 16.5. The van der Waals surface area contributed by atoms with Crippen LogP contribution in [-0.4, -0.2) is 97.8 Å². The number of piperazine rings is 1. The molecule has 4 rings (SSSR count). The molecule has 2 saturated heterocycles.